The molecule has 1 aliphatic rings. The number of carbonyl (C=O) groups is 1. The number of rotatable bonds is 5. The normalized spacial score (nSPS) is 14.1. The van der Waals surface area contributed by atoms with E-state index in [2.05, 4.69) is 20.3 Å². The maximum atomic E-state index is 13.2. The van der Waals surface area contributed by atoms with E-state index in [1.807, 2.05) is 45.0 Å². The van der Waals surface area contributed by atoms with Crippen LogP contribution in [0.25, 0.3) is 5.69 Å². The summed E-state index contributed by atoms with van der Waals surface area (Å²) in [5.41, 5.74) is 4.53. The van der Waals surface area contributed by atoms with Crippen LogP contribution in [0.5, 0.6) is 0 Å². The van der Waals surface area contributed by atoms with Crippen LogP contribution >= 0.6 is 23.4 Å². The zero-order valence-corrected chi connectivity index (χ0v) is 19.2. The number of benzene rings is 1. The van der Waals surface area contributed by atoms with Gasteiger partial charge in [-0.3, -0.25) is 4.79 Å². The van der Waals surface area contributed by atoms with Crippen molar-refractivity contribution < 1.29 is 9.53 Å². The molecule has 31 heavy (non-hydrogen) atoms. The molecule has 10 heteroatoms. The smallest absolute Gasteiger partial charge is 0.276 e. The van der Waals surface area contributed by atoms with E-state index in [1.54, 1.807) is 9.58 Å². The van der Waals surface area contributed by atoms with Gasteiger partial charge in [0.2, 0.25) is 0 Å². The molecule has 8 nitrogen and oxygen atoms in total. The number of thioether (sulfide) groups is 1. The maximum Gasteiger partial charge on any atom is 0.276 e. The van der Waals surface area contributed by atoms with E-state index in [0.717, 1.165) is 22.6 Å². The van der Waals surface area contributed by atoms with Gasteiger partial charge in [-0.2, -0.15) is 0 Å². The molecule has 1 aliphatic heterocycles. The Kier molecular flexibility index (Phi) is 6.54. The van der Waals surface area contributed by atoms with Crippen molar-refractivity contribution >= 4 is 29.3 Å². The molecule has 162 valence electrons. The van der Waals surface area contributed by atoms with Gasteiger partial charge in [0.1, 0.15) is 0 Å². The Morgan fingerprint density at radius 2 is 1.84 bits per heavy atom. The first-order valence-corrected chi connectivity index (χ1v) is 11.3. The molecule has 1 saturated heterocycles. The summed E-state index contributed by atoms with van der Waals surface area (Å²) in [4.78, 5) is 23.9. The average Bonchev–Trinajstić information content (AvgIpc) is 3.17. The summed E-state index contributed by atoms with van der Waals surface area (Å²) in [6, 6.07) is 7.60. The monoisotopic (exact) mass is 458 g/mol. The minimum Gasteiger partial charge on any atom is -0.378 e. The van der Waals surface area contributed by atoms with Crippen LogP contribution < -0.4 is 0 Å². The number of aryl methyl sites for hydroxylation is 3. The Labute approximate surface area is 190 Å². The molecule has 0 saturated carbocycles. The summed E-state index contributed by atoms with van der Waals surface area (Å²) in [6.45, 7) is 7.93. The van der Waals surface area contributed by atoms with Gasteiger partial charge in [-0.25, -0.2) is 14.6 Å². The van der Waals surface area contributed by atoms with Gasteiger partial charge in [-0.05, 0) is 44.5 Å². The number of amides is 1. The Hall–Kier alpha value is -2.49. The van der Waals surface area contributed by atoms with E-state index < -0.39 is 0 Å². The summed E-state index contributed by atoms with van der Waals surface area (Å²) in [5.74, 6) is 0.289. The van der Waals surface area contributed by atoms with Gasteiger partial charge in [0.05, 0.1) is 24.6 Å². The molecule has 0 bridgehead atoms. The summed E-state index contributed by atoms with van der Waals surface area (Å²) in [5, 5.41) is 9.83. The van der Waals surface area contributed by atoms with Gasteiger partial charge >= 0.3 is 0 Å². The lowest BCUT2D eigenvalue weighted by atomic mass is 10.2. The highest BCUT2D eigenvalue weighted by Crippen LogP contribution is 2.26. The molecule has 0 radical (unpaired) electrons. The van der Waals surface area contributed by atoms with Crippen molar-refractivity contribution in [2.24, 2.45) is 0 Å². The highest BCUT2D eigenvalue weighted by Gasteiger charge is 2.27. The molecule has 0 N–H and O–H groups in total. The van der Waals surface area contributed by atoms with Crippen molar-refractivity contribution in [2.45, 2.75) is 31.7 Å². The van der Waals surface area contributed by atoms with Crippen molar-refractivity contribution in [1.82, 2.24) is 29.9 Å². The van der Waals surface area contributed by atoms with Crippen LogP contribution in [0.2, 0.25) is 5.02 Å². The van der Waals surface area contributed by atoms with Crippen molar-refractivity contribution in [3.05, 3.63) is 57.6 Å². The second-order valence-corrected chi connectivity index (χ2v) is 8.71. The van der Waals surface area contributed by atoms with E-state index in [4.69, 9.17) is 16.3 Å². The third-order valence-electron chi connectivity index (χ3n) is 4.96. The zero-order valence-electron chi connectivity index (χ0n) is 17.6. The number of morpholine rings is 1. The van der Waals surface area contributed by atoms with Crippen LogP contribution in [0.15, 0.2) is 29.4 Å². The highest BCUT2D eigenvalue weighted by molar-refractivity contribution is 7.98. The molecule has 0 aliphatic carbocycles. The fourth-order valence-electron chi connectivity index (χ4n) is 3.33. The molecular weight excluding hydrogens is 436 g/mol. The topological polar surface area (TPSA) is 86.0 Å². The second-order valence-electron chi connectivity index (χ2n) is 7.36. The van der Waals surface area contributed by atoms with Gasteiger partial charge in [-0.15, -0.1) is 5.10 Å². The summed E-state index contributed by atoms with van der Waals surface area (Å²) in [6.07, 6.45) is 0. The minimum atomic E-state index is -0.148. The first-order chi connectivity index (χ1) is 14.9. The Balaban J connectivity index is 1.70. The van der Waals surface area contributed by atoms with Crippen LogP contribution in [0.1, 0.15) is 33.1 Å². The summed E-state index contributed by atoms with van der Waals surface area (Å²) >= 11 is 7.79. The van der Waals surface area contributed by atoms with Crippen molar-refractivity contribution in [3.8, 4) is 5.69 Å². The van der Waals surface area contributed by atoms with Crippen LogP contribution in [0.4, 0.5) is 0 Å². The van der Waals surface area contributed by atoms with Gasteiger partial charge in [0.25, 0.3) is 5.91 Å². The number of aromatic nitrogens is 5. The Bertz CT molecular complexity index is 1090. The van der Waals surface area contributed by atoms with Gasteiger partial charge < -0.3 is 9.64 Å². The molecule has 0 spiro atoms. The molecule has 1 fully saturated rings. The molecule has 1 amide bonds. The minimum absolute atomic E-state index is 0.148. The van der Waals surface area contributed by atoms with Crippen LogP contribution in [0.3, 0.4) is 0 Å². The Morgan fingerprint density at radius 1 is 1.13 bits per heavy atom. The van der Waals surface area contributed by atoms with Gasteiger partial charge in [-0.1, -0.05) is 34.6 Å². The van der Waals surface area contributed by atoms with Crippen molar-refractivity contribution in [3.63, 3.8) is 0 Å². The quantitative estimate of drug-likeness (QED) is 0.427. The number of hydrogen-bond acceptors (Lipinski definition) is 7. The number of ether oxygens (including phenoxy) is 1. The SMILES string of the molecule is Cc1cc(C)nc(SCc2c(C(=O)N3CCOCC3)nnn2-c2ccc(C)c(Cl)c2)n1. The number of hydrogen-bond donors (Lipinski definition) is 0. The number of nitrogens with zero attached hydrogens (tertiary/aromatic N) is 6. The van der Waals surface area contributed by atoms with E-state index >= 15 is 0 Å². The van der Waals surface area contributed by atoms with E-state index in [0.29, 0.717) is 53.6 Å². The fourth-order valence-corrected chi connectivity index (χ4v) is 4.44. The lowest BCUT2D eigenvalue weighted by Gasteiger charge is -2.26. The number of halogens is 1. The molecule has 1 aromatic carbocycles. The van der Waals surface area contributed by atoms with E-state index in [-0.39, 0.29) is 5.91 Å². The summed E-state index contributed by atoms with van der Waals surface area (Å²) in [7, 11) is 0. The first-order valence-electron chi connectivity index (χ1n) is 9.95. The van der Waals surface area contributed by atoms with Gasteiger partial charge in [0, 0.05) is 35.3 Å². The highest BCUT2D eigenvalue weighted by atomic mass is 35.5. The maximum absolute atomic E-state index is 13.2. The van der Waals surface area contributed by atoms with Crippen molar-refractivity contribution in [1.29, 1.82) is 0 Å². The third kappa shape index (κ3) is 4.89. The zero-order chi connectivity index (χ0) is 22.0. The molecule has 0 atom stereocenters. The van der Waals surface area contributed by atoms with E-state index in [9.17, 15) is 4.79 Å². The molecule has 4 rings (SSSR count). The van der Waals surface area contributed by atoms with Crippen LogP contribution in [0, 0.1) is 20.8 Å². The largest absolute Gasteiger partial charge is 0.378 e. The second kappa shape index (κ2) is 9.33. The predicted octanol–water partition coefficient (Wildman–Crippen LogP) is 3.40. The third-order valence-corrected chi connectivity index (χ3v) is 6.23. The average molecular weight is 459 g/mol. The fraction of sp³-hybridized carbons (Fsp3) is 0.381. The number of carbonyl (C=O) groups excluding carboxylic acids is 1. The standard InChI is InChI=1S/C21H23ClN6O2S/c1-13-4-5-16(11-17(13)22)28-18(12-31-21-23-14(2)10-15(3)24-21)19(25-26-28)20(29)27-6-8-30-9-7-27/h4-5,10-11H,6-9,12H2,1-3H3. The summed E-state index contributed by atoms with van der Waals surface area (Å²) < 4.78 is 7.05. The van der Waals surface area contributed by atoms with Crippen LogP contribution in [-0.4, -0.2) is 62.1 Å². The molecule has 0 unspecified atom stereocenters. The molecule has 2 aromatic heterocycles. The van der Waals surface area contributed by atoms with E-state index in [1.165, 1.54) is 11.8 Å². The van der Waals surface area contributed by atoms with Crippen molar-refractivity contribution in [2.75, 3.05) is 26.3 Å². The molecule has 3 heterocycles. The predicted molar refractivity (Wildman–Crippen MR) is 119 cm³/mol. The Morgan fingerprint density at radius 3 is 2.52 bits per heavy atom. The van der Waals surface area contributed by atoms with Gasteiger partial charge in [0.15, 0.2) is 10.9 Å². The van der Waals surface area contributed by atoms with Crippen LogP contribution in [-0.2, 0) is 10.5 Å². The lowest BCUT2D eigenvalue weighted by molar-refractivity contribution is 0.0298. The molecule has 3 aromatic rings. The lowest BCUT2D eigenvalue weighted by Crippen LogP contribution is -2.41. The molecular formula is C21H23ClN6O2S. The first kappa shape index (κ1) is 21.7.